The summed E-state index contributed by atoms with van der Waals surface area (Å²) in [5.41, 5.74) is 1.58. The zero-order valence-electron chi connectivity index (χ0n) is 12.6. The molecule has 0 aliphatic carbocycles. The van der Waals surface area contributed by atoms with E-state index in [0.29, 0.717) is 17.5 Å². The summed E-state index contributed by atoms with van der Waals surface area (Å²) in [6, 6.07) is 12.5. The number of nitrogens with zero attached hydrogens (tertiary/aromatic N) is 3. The van der Waals surface area contributed by atoms with Crippen molar-refractivity contribution in [3.05, 3.63) is 35.9 Å². The van der Waals surface area contributed by atoms with Crippen molar-refractivity contribution < 1.29 is 0 Å². The Labute approximate surface area is 120 Å². The highest BCUT2D eigenvalue weighted by molar-refractivity contribution is 5.83. The second kappa shape index (κ2) is 5.92. The molecule has 0 amide bonds. The molecule has 0 bridgehead atoms. The number of rotatable bonds is 4. The van der Waals surface area contributed by atoms with Gasteiger partial charge in [-0.15, -0.1) is 0 Å². The summed E-state index contributed by atoms with van der Waals surface area (Å²) in [4.78, 5) is 6.79. The highest BCUT2D eigenvalue weighted by Gasteiger charge is 2.17. The van der Waals surface area contributed by atoms with Crippen LogP contribution < -0.4 is 4.90 Å². The highest BCUT2D eigenvalue weighted by Crippen LogP contribution is 2.25. The Bertz CT molecular complexity index is 640. The Morgan fingerprint density at radius 2 is 1.95 bits per heavy atom. The molecular formula is C17H21N3. The number of hydrogen-bond donors (Lipinski definition) is 0. The first-order valence-corrected chi connectivity index (χ1v) is 7.05. The number of fused-ring (bicyclic) bond motifs is 1. The number of hydrogen-bond acceptors (Lipinski definition) is 3. The second-order valence-electron chi connectivity index (χ2n) is 5.75. The van der Waals surface area contributed by atoms with Crippen LogP contribution in [0.3, 0.4) is 0 Å². The zero-order valence-corrected chi connectivity index (χ0v) is 12.6. The van der Waals surface area contributed by atoms with Gasteiger partial charge in [0.05, 0.1) is 11.1 Å². The lowest BCUT2D eigenvalue weighted by Gasteiger charge is -2.28. The predicted octanol–water partition coefficient (Wildman–Crippen LogP) is 3.98. The molecule has 1 heterocycles. The van der Waals surface area contributed by atoms with E-state index in [1.807, 2.05) is 37.4 Å². The zero-order chi connectivity index (χ0) is 14.7. The molecule has 2 aromatic rings. The molecular weight excluding hydrogens is 246 g/mol. The highest BCUT2D eigenvalue weighted by atomic mass is 15.2. The molecule has 0 saturated carbocycles. The van der Waals surface area contributed by atoms with E-state index in [1.54, 1.807) is 0 Å². The van der Waals surface area contributed by atoms with Gasteiger partial charge in [0.2, 0.25) is 0 Å². The first kappa shape index (κ1) is 14.3. The summed E-state index contributed by atoms with van der Waals surface area (Å²) < 4.78 is 0. The van der Waals surface area contributed by atoms with E-state index in [2.05, 4.69) is 36.7 Å². The lowest BCUT2D eigenvalue weighted by Crippen LogP contribution is -2.31. The Hall–Kier alpha value is -2.08. The minimum absolute atomic E-state index is 0.357. The van der Waals surface area contributed by atoms with E-state index in [9.17, 15) is 5.26 Å². The van der Waals surface area contributed by atoms with Crippen molar-refractivity contribution in [3.8, 4) is 6.07 Å². The van der Waals surface area contributed by atoms with Gasteiger partial charge in [-0.2, -0.15) is 5.26 Å². The number of pyridine rings is 1. The molecule has 0 aliphatic heterocycles. The number of anilines is 1. The number of benzene rings is 1. The summed E-state index contributed by atoms with van der Waals surface area (Å²) in [5, 5.41) is 10.4. The van der Waals surface area contributed by atoms with E-state index >= 15 is 0 Å². The fourth-order valence-corrected chi connectivity index (χ4v) is 2.51. The third kappa shape index (κ3) is 2.91. The Morgan fingerprint density at radius 3 is 2.60 bits per heavy atom. The maximum absolute atomic E-state index is 9.37. The minimum Gasteiger partial charge on any atom is -0.356 e. The van der Waals surface area contributed by atoms with Crippen LogP contribution in [0.4, 0.5) is 5.82 Å². The predicted molar refractivity (Wildman–Crippen MR) is 83.8 cm³/mol. The van der Waals surface area contributed by atoms with Crippen molar-refractivity contribution in [2.75, 3.05) is 11.9 Å². The normalized spacial score (nSPS) is 12.4. The molecule has 0 aliphatic rings. The maximum Gasteiger partial charge on any atom is 0.147 e. The largest absolute Gasteiger partial charge is 0.356 e. The van der Waals surface area contributed by atoms with Crippen LogP contribution in [-0.4, -0.2) is 18.1 Å². The van der Waals surface area contributed by atoms with Crippen molar-refractivity contribution in [1.82, 2.24) is 4.98 Å². The van der Waals surface area contributed by atoms with Crippen LogP contribution in [0.1, 0.15) is 32.8 Å². The molecule has 1 unspecified atom stereocenters. The lowest BCUT2D eigenvalue weighted by molar-refractivity contribution is 0.502. The van der Waals surface area contributed by atoms with Crippen LogP contribution in [0, 0.1) is 17.2 Å². The topological polar surface area (TPSA) is 39.9 Å². The summed E-state index contributed by atoms with van der Waals surface area (Å²) in [7, 11) is 2.02. The molecule has 104 valence electrons. The molecule has 3 heteroatoms. The van der Waals surface area contributed by atoms with Crippen LogP contribution in [0.5, 0.6) is 0 Å². The van der Waals surface area contributed by atoms with Crippen molar-refractivity contribution in [1.29, 1.82) is 5.26 Å². The average molecular weight is 267 g/mol. The first-order chi connectivity index (χ1) is 9.52. The fourth-order valence-electron chi connectivity index (χ4n) is 2.51. The fraction of sp³-hybridized carbons (Fsp3) is 0.412. The second-order valence-corrected chi connectivity index (χ2v) is 5.75. The quantitative estimate of drug-likeness (QED) is 0.841. The van der Waals surface area contributed by atoms with Crippen LogP contribution in [0.15, 0.2) is 30.3 Å². The summed E-state index contributed by atoms with van der Waals surface area (Å²) in [6.07, 6.45) is 1.08. The van der Waals surface area contributed by atoms with E-state index < -0.39 is 0 Å². The summed E-state index contributed by atoms with van der Waals surface area (Å²) in [6.45, 7) is 6.60. The van der Waals surface area contributed by atoms with Crippen molar-refractivity contribution in [2.45, 2.75) is 33.2 Å². The van der Waals surface area contributed by atoms with Gasteiger partial charge in [0.1, 0.15) is 11.9 Å². The van der Waals surface area contributed by atoms with Gasteiger partial charge >= 0.3 is 0 Å². The molecule has 0 spiro atoms. The van der Waals surface area contributed by atoms with Gasteiger partial charge in [0.25, 0.3) is 0 Å². The average Bonchev–Trinajstić information content (AvgIpc) is 2.44. The van der Waals surface area contributed by atoms with Crippen LogP contribution in [-0.2, 0) is 0 Å². The molecule has 1 aromatic carbocycles. The van der Waals surface area contributed by atoms with Gasteiger partial charge in [0.15, 0.2) is 0 Å². The van der Waals surface area contributed by atoms with Gasteiger partial charge < -0.3 is 4.90 Å². The van der Waals surface area contributed by atoms with Crippen molar-refractivity contribution in [2.24, 2.45) is 5.92 Å². The number of aromatic nitrogens is 1. The SMILES string of the molecule is CC(C)CC(C)N(C)c1nc2ccccc2cc1C#N. The van der Waals surface area contributed by atoms with E-state index in [1.165, 1.54) is 0 Å². The Morgan fingerprint density at radius 1 is 1.25 bits per heavy atom. The van der Waals surface area contributed by atoms with Crippen LogP contribution in [0.25, 0.3) is 10.9 Å². The molecule has 0 N–H and O–H groups in total. The molecule has 20 heavy (non-hydrogen) atoms. The molecule has 2 rings (SSSR count). The first-order valence-electron chi connectivity index (χ1n) is 7.05. The van der Waals surface area contributed by atoms with Crippen LogP contribution >= 0.6 is 0 Å². The standard InChI is InChI=1S/C17H21N3/c1-12(2)9-13(3)20(4)17-15(11-18)10-14-7-5-6-8-16(14)19-17/h5-8,10,12-13H,9H2,1-4H3. The third-order valence-corrected chi connectivity index (χ3v) is 3.63. The third-order valence-electron chi connectivity index (χ3n) is 3.63. The van der Waals surface area contributed by atoms with Gasteiger partial charge in [-0.25, -0.2) is 4.98 Å². The smallest absolute Gasteiger partial charge is 0.147 e. The minimum atomic E-state index is 0.357. The van der Waals surface area contributed by atoms with E-state index in [0.717, 1.165) is 23.1 Å². The molecule has 1 atom stereocenters. The van der Waals surface area contributed by atoms with Crippen molar-refractivity contribution >= 4 is 16.7 Å². The maximum atomic E-state index is 9.37. The van der Waals surface area contributed by atoms with Gasteiger partial charge in [-0.05, 0) is 31.4 Å². The lowest BCUT2D eigenvalue weighted by atomic mass is 10.0. The van der Waals surface area contributed by atoms with Crippen molar-refractivity contribution in [3.63, 3.8) is 0 Å². The molecule has 3 nitrogen and oxygen atoms in total. The van der Waals surface area contributed by atoms with E-state index in [-0.39, 0.29) is 0 Å². The van der Waals surface area contributed by atoms with Gasteiger partial charge in [-0.3, -0.25) is 0 Å². The Balaban J connectivity index is 2.44. The monoisotopic (exact) mass is 267 g/mol. The van der Waals surface area contributed by atoms with E-state index in [4.69, 9.17) is 0 Å². The molecule has 0 saturated heterocycles. The number of para-hydroxylation sites is 1. The number of nitriles is 1. The molecule has 0 radical (unpaired) electrons. The molecule has 1 aromatic heterocycles. The Kier molecular flexibility index (Phi) is 4.24. The summed E-state index contributed by atoms with van der Waals surface area (Å²) in [5.74, 6) is 1.40. The van der Waals surface area contributed by atoms with Crippen LogP contribution in [0.2, 0.25) is 0 Å². The van der Waals surface area contributed by atoms with Gasteiger partial charge in [-0.1, -0.05) is 32.0 Å². The molecule has 0 fully saturated rings. The summed E-state index contributed by atoms with van der Waals surface area (Å²) >= 11 is 0. The van der Waals surface area contributed by atoms with Gasteiger partial charge in [0, 0.05) is 18.5 Å².